The molecule has 3 saturated carbocycles. The van der Waals surface area contributed by atoms with E-state index in [-0.39, 0.29) is 24.4 Å². The van der Waals surface area contributed by atoms with E-state index in [1.54, 1.807) is 0 Å². The second-order valence-electron chi connectivity index (χ2n) is 8.32. The second-order valence-corrected chi connectivity index (χ2v) is 10.2. The zero-order chi connectivity index (χ0) is 17.9. The molecule has 25 heavy (non-hydrogen) atoms. The topological polar surface area (TPSA) is 86.7 Å². The Morgan fingerprint density at radius 1 is 1.04 bits per heavy atom. The first-order valence-corrected chi connectivity index (χ1v) is 11.5. The SMILES string of the molecule is O=C(O)CN(CC1CC1)C1CC(NS(=O)(=O)CCC2CCCCC2)C1. The molecule has 0 aromatic heterocycles. The summed E-state index contributed by atoms with van der Waals surface area (Å²) in [5.74, 6) is 0.659. The first kappa shape index (κ1) is 19.1. The average Bonchev–Trinajstić information content (AvgIpc) is 3.33. The minimum atomic E-state index is -3.21. The number of hydrogen-bond donors (Lipinski definition) is 2. The van der Waals surface area contributed by atoms with Crippen LogP contribution in [-0.2, 0) is 14.8 Å². The van der Waals surface area contributed by atoms with Crippen molar-refractivity contribution in [2.75, 3.05) is 18.8 Å². The molecule has 0 heterocycles. The molecule has 3 aliphatic carbocycles. The third kappa shape index (κ3) is 6.22. The van der Waals surface area contributed by atoms with Gasteiger partial charge in [-0.3, -0.25) is 9.69 Å². The number of aliphatic carboxylic acids is 1. The summed E-state index contributed by atoms with van der Waals surface area (Å²) in [5.41, 5.74) is 0. The fraction of sp³-hybridized carbons (Fsp3) is 0.944. The van der Waals surface area contributed by atoms with Crippen LogP contribution >= 0.6 is 0 Å². The van der Waals surface area contributed by atoms with Gasteiger partial charge in [0.2, 0.25) is 10.0 Å². The van der Waals surface area contributed by atoms with E-state index in [9.17, 15) is 13.2 Å². The van der Waals surface area contributed by atoms with Gasteiger partial charge in [-0.25, -0.2) is 13.1 Å². The highest BCUT2D eigenvalue weighted by molar-refractivity contribution is 7.89. The predicted molar refractivity (Wildman–Crippen MR) is 96.9 cm³/mol. The Morgan fingerprint density at radius 2 is 1.72 bits per heavy atom. The zero-order valence-electron chi connectivity index (χ0n) is 15.0. The number of nitrogens with one attached hydrogen (secondary N) is 1. The van der Waals surface area contributed by atoms with Crippen molar-refractivity contribution in [2.45, 2.75) is 76.3 Å². The van der Waals surface area contributed by atoms with E-state index in [0.717, 1.165) is 25.8 Å². The fourth-order valence-electron chi connectivity index (χ4n) is 4.24. The van der Waals surface area contributed by atoms with Crippen molar-refractivity contribution >= 4 is 16.0 Å². The normalized spacial score (nSPS) is 28.0. The van der Waals surface area contributed by atoms with E-state index < -0.39 is 16.0 Å². The van der Waals surface area contributed by atoms with Gasteiger partial charge in [-0.15, -0.1) is 0 Å². The lowest BCUT2D eigenvalue weighted by molar-refractivity contribution is -0.139. The number of carbonyl (C=O) groups is 1. The van der Waals surface area contributed by atoms with Crippen LogP contribution in [0.1, 0.15) is 64.2 Å². The maximum Gasteiger partial charge on any atom is 0.317 e. The van der Waals surface area contributed by atoms with Crippen LogP contribution in [0, 0.1) is 11.8 Å². The molecule has 0 radical (unpaired) electrons. The molecule has 0 aromatic carbocycles. The van der Waals surface area contributed by atoms with Crippen LogP contribution in [0.3, 0.4) is 0 Å². The third-order valence-electron chi connectivity index (χ3n) is 6.02. The predicted octanol–water partition coefficient (Wildman–Crippen LogP) is 2.20. The van der Waals surface area contributed by atoms with Crippen molar-refractivity contribution in [3.05, 3.63) is 0 Å². The number of carboxylic acid groups (broad SMARTS) is 1. The van der Waals surface area contributed by atoms with Gasteiger partial charge in [0.25, 0.3) is 0 Å². The Hall–Kier alpha value is -0.660. The Labute approximate surface area is 151 Å². The van der Waals surface area contributed by atoms with E-state index in [0.29, 0.717) is 11.8 Å². The Balaban J connectivity index is 1.39. The van der Waals surface area contributed by atoms with Gasteiger partial charge in [0.15, 0.2) is 0 Å². The molecule has 3 fully saturated rings. The number of nitrogens with zero attached hydrogens (tertiary/aromatic N) is 1. The molecule has 0 aromatic rings. The number of carboxylic acids is 1. The quantitative estimate of drug-likeness (QED) is 0.614. The maximum absolute atomic E-state index is 12.3. The van der Waals surface area contributed by atoms with Gasteiger partial charge in [0, 0.05) is 18.6 Å². The lowest BCUT2D eigenvalue weighted by Crippen LogP contribution is -2.55. The van der Waals surface area contributed by atoms with Crippen molar-refractivity contribution < 1.29 is 18.3 Å². The van der Waals surface area contributed by atoms with Crippen LogP contribution in [0.15, 0.2) is 0 Å². The van der Waals surface area contributed by atoms with Gasteiger partial charge in [-0.2, -0.15) is 0 Å². The average molecular weight is 373 g/mol. The zero-order valence-corrected chi connectivity index (χ0v) is 15.8. The molecule has 6 nitrogen and oxygen atoms in total. The van der Waals surface area contributed by atoms with E-state index in [1.165, 1.54) is 44.9 Å². The van der Waals surface area contributed by atoms with Crippen LogP contribution in [-0.4, -0.2) is 55.3 Å². The van der Waals surface area contributed by atoms with E-state index in [4.69, 9.17) is 5.11 Å². The first-order valence-electron chi connectivity index (χ1n) is 9.87. The molecule has 0 unspecified atom stereocenters. The Morgan fingerprint density at radius 3 is 2.32 bits per heavy atom. The van der Waals surface area contributed by atoms with Crippen molar-refractivity contribution in [1.82, 2.24) is 9.62 Å². The summed E-state index contributed by atoms with van der Waals surface area (Å²) in [6.45, 7) is 0.917. The first-order chi connectivity index (χ1) is 11.9. The molecular formula is C18H32N2O4S. The van der Waals surface area contributed by atoms with Crippen molar-refractivity contribution in [3.8, 4) is 0 Å². The maximum atomic E-state index is 12.3. The summed E-state index contributed by atoms with van der Waals surface area (Å²) in [6, 6.07) is 0.194. The molecule has 0 saturated heterocycles. The lowest BCUT2D eigenvalue weighted by Gasteiger charge is -2.42. The summed E-state index contributed by atoms with van der Waals surface area (Å²) in [4.78, 5) is 13.1. The van der Waals surface area contributed by atoms with Gasteiger partial charge >= 0.3 is 5.97 Å². The van der Waals surface area contributed by atoms with E-state index >= 15 is 0 Å². The van der Waals surface area contributed by atoms with Crippen LogP contribution < -0.4 is 4.72 Å². The van der Waals surface area contributed by atoms with Crippen LogP contribution in [0.4, 0.5) is 0 Å². The van der Waals surface area contributed by atoms with Gasteiger partial charge in [-0.1, -0.05) is 32.1 Å². The largest absolute Gasteiger partial charge is 0.480 e. The van der Waals surface area contributed by atoms with Crippen molar-refractivity contribution in [2.24, 2.45) is 11.8 Å². The molecule has 2 N–H and O–H groups in total. The van der Waals surface area contributed by atoms with Gasteiger partial charge < -0.3 is 5.11 Å². The molecule has 0 aliphatic heterocycles. The highest BCUT2D eigenvalue weighted by Crippen LogP contribution is 2.34. The van der Waals surface area contributed by atoms with Gasteiger partial charge in [-0.05, 0) is 43.9 Å². The van der Waals surface area contributed by atoms with Crippen LogP contribution in [0.25, 0.3) is 0 Å². The minimum absolute atomic E-state index is 0.0168. The third-order valence-corrected chi connectivity index (χ3v) is 7.49. The standard InChI is InChI=1S/C18H32N2O4S/c21-18(22)13-20(12-15-6-7-15)17-10-16(11-17)19-25(23,24)9-8-14-4-2-1-3-5-14/h14-17,19H,1-13H2,(H,21,22). The molecule has 0 atom stereocenters. The minimum Gasteiger partial charge on any atom is -0.480 e. The summed E-state index contributed by atoms with van der Waals surface area (Å²) in [7, 11) is -3.21. The number of sulfonamides is 1. The Bertz CT molecular complexity index is 549. The summed E-state index contributed by atoms with van der Waals surface area (Å²) in [6.07, 6.45) is 10.8. The molecule has 0 spiro atoms. The summed E-state index contributed by atoms with van der Waals surface area (Å²) < 4.78 is 27.4. The van der Waals surface area contributed by atoms with Gasteiger partial charge in [0.1, 0.15) is 0 Å². The van der Waals surface area contributed by atoms with Crippen molar-refractivity contribution in [3.63, 3.8) is 0 Å². The molecule has 3 aliphatic rings. The number of rotatable bonds is 10. The monoisotopic (exact) mass is 372 g/mol. The molecule has 0 amide bonds. The molecular weight excluding hydrogens is 340 g/mol. The summed E-state index contributed by atoms with van der Waals surface area (Å²) in [5, 5.41) is 9.08. The van der Waals surface area contributed by atoms with Gasteiger partial charge in [0.05, 0.1) is 12.3 Å². The Kier molecular flexibility index (Phi) is 6.39. The molecule has 0 bridgehead atoms. The van der Waals surface area contributed by atoms with E-state index in [1.807, 2.05) is 4.90 Å². The lowest BCUT2D eigenvalue weighted by atomic mass is 9.86. The fourth-order valence-corrected chi connectivity index (χ4v) is 5.70. The second kappa shape index (κ2) is 8.35. The van der Waals surface area contributed by atoms with E-state index in [2.05, 4.69) is 4.72 Å². The highest BCUT2D eigenvalue weighted by Gasteiger charge is 2.38. The summed E-state index contributed by atoms with van der Waals surface area (Å²) >= 11 is 0. The van der Waals surface area contributed by atoms with Crippen LogP contribution in [0.2, 0.25) is 0 Å². The molecule has 144 valence electrons. The number of hydrogen-bond acceptors (Lipinski definition) is 4. The smallest absolute Gasteiger partial charge is 0.317 e. The molecule has 3 rings (SSSR count). The highest BCUT2D eigenvalue weighted by atomic mass is 32.2. The van der Waals surface area contributed by atoms with Crippen molar-refractivity contribution in [1.29, 1.82) is 0 Å². The van der Waals surface area contributed by atoms with Crippen LogP contribution in [0.5, 0.6) is 0 Å². The molecule has 7 heteroatoms.